The minimum Gasteiger partial charge on any atom is -0.508 e. The van der Waals surface area contributed by atoms with Gasteiger partial charge in [-0.3, -0.25) is 0 Å². The van der Waals surface area contributed by atoms with Gasteiger partial charge in [0, 0.05) is 22.8 Å². The maximum absolute atomic E-state index is 9.26. The lowest BCUT2D eigenvalue weighted by Gasteiger charge is -2.03. The van der Waals surface area contributed by atoms with Gasteiger partial charge < -0.3 is 40.9 Å². The maximum Gasteiger partial charge on any atom is 0.122 e. The first kappa shape index (κ1) is 31.3. The van der Waals surface area contributed by atoms with Gasteiger partial charge in [-0.1, -0.05) is 44.5 Å². The second-order valence-corrected chi connectivity index (χ2v) is 8.09. The highest BCUT2D eigenvalue weighted by molar-refractivity contribution is 5.43. The fraction of sp³-hybridized carbons (Fsp3) is 0.200. The van der Waals surface area contributed by atoms with Crippen LogP contribution in [0.15, 0.2) is 78.9 Å². The molecule has 4 aromatic rings. The fourth-order valence-corrected chi connectivity index (χ4v) is 3.10. The van der Waals surface area contributed by atoms with Crippen LogP contribution >= 0.6 is 0 Å². The number of rotatable bonds is 3. The van der Waals surface area contributed by atoms with E-state index < -0.39 is 0 Å². The topological polar surface area (TPSA) is 162 Å². The molecule has 8 nitrogen and oxygen atoms in total. The predicted octanol–water partition coefficient (Wildman–Crippen LogP) is 6.21. The minimum atomic E-state index is 0.0880. The molecule has 204 valence electrons. The van der Waals surface area contributed by atoms with Crippen LogP contribution in [0.2, 0.25) is 0 Å². The van der Waals surface area contributed by atoms with E-state index in [2.05, 4.69) is 0 Å². The van der Waals surface area contributed by atoms with Gasteiger partial charge in [-0.2, -0.15) is 0 Å². The molecule has 0 radical (unpaired) electrons. The lowest BCUT2D eigenvalue weighted by molar-refractivity contribution is 0.437. The molecular weight excluding hydrogens is 488 g/mol. The first-order valence-electron chi connectivity index (χ1n) is 12.0. The van der Waals surface area contributed by atoms with Crippen LogP contribution in [0.5, 0.6) is 46.0 Å². The average molecular weight is 525 g/mol. The van der Waals surface area contributed by atoms with E-state index in [0.29, 0.717) is 23.1 Å². The Kier molecular flexibility index (Phi) is 13.3. The van der Waals surface area contributed by atoms with E-state index in [1.54, 1.807) is 55.5 Å². The number of benzene rings is 4. The molecule has 0 saturated carbocycles. The Balaban J connectivity index is 0.000000255. The van der Waals surface area contributed by atoms with Gasteiger partial charge in [0.1, 0.15) is 46.0 Å². The van der Waals surface area contributed by atoms with Crippen LogP contribution in [0.3, 0.4) is 0 Å². The van der Waals surface area contributed by atoms with Gasteiger partial charge in [0.2, 0.25) is 0 Å². The van der Waals surface area contributed by atoms with Gasteiger partial charge in [0.15, 0.2) is 0 Å². The van der Waals surface area contributed by atoms with Gasteiger partial charge in [-0.05, 0) is 68.3 Å². The van der Waals surface area contributed by atoms with Crippen molar-refractivity contribution in [1.82, 2.24) is 0 Å². The molecule has 0 aromatic heterocycles. The van der Waals surface area contributed by atoms with E-state index in [4.69, 9.17) is 30.6 Å². The van der Waals surface area contributed by atoms with Crippen molar-refractivity contribution in [2.75, 3.05) is 0 Å². The lowest BCUT2D eigenvalue weighted by atomic mass is 10.1. The Morgan fingerprint density at radius 3 is 1.08 bits per heavy atom. The number of phenols is 8. The van der Waals surface area contributed by atoms with Gasteiger partial charge in [-0.15, -0.1) is 0 Å². The van der Waals surface area contributed by atoms with Crippen molar-refractivity contribution in [3.8, 4) is 46.0 Å². The maximum atomic E-state index is 9.26. The van der Waals surface area contributed by atoms with Crippen molar-refractivity contribution < 1.29 is 40.9 Å². The molecule has 0 aliphatic carbocycles. The largest absolute Gasteiger partial charge is 0.508 e. The molecule has 8 heteroatoms. The molecule has 0 unspecified atom stereocenters. The van der Waals surface area contributed by atoms with Crippen molar-refractivity contribution in [3.05, 3.63) is 95.6 Å². The van der Waals surface area contributed by atoms with E-state index in [0.717, 1.165) is 12.8 Å². The Morgan fingerprint density at radius 2 is 0.816 bits per heavy atom. The summed E-state index contributed by atoms with van der Waals surface area (Å²) in [7, 11) is 0. The van der Waals surface area contributed by atoms with Crippen LogP contribution < -0.4 is 0 Å². The third-order valence-electron chi connectivity index (χ3n) is 5.21. The summed E-state index contributed by atoms with van der Waals surface area (Å²) in [4.78, 5) is 0. The molecule has 8 N–H and O–H groups in total. The SMILES string of the molecule is CCCc1c(O)cccc1O.CCc1c(O)cccc1O.Cc1c(O)cccc1O.Oc1cccc(O)c1. The Labute approximate surface area is 222 Å². The summed E-state index contributed by atoms with van der Waals surface area (Å²) in [6, 6.07) is 20.1. The molecule has 38 heavy (non-hydrogen) atoms. The third kappa shape index (κ3) is 10.5. The fourth-order valence-electron chi connectivity index (χ4n) is 3.10. The van der Waals surface area contributed by atoms with Crippen LogP contribution in [0.25, 0.3) is 0 Å². The highest BCUT2D eigenvalue weighted by atomic mass is 16.3. The second-order valence-electron chi connectivity index (χ2n) is 8.09. The minimum absolute atomic E-state index is 0.0880. The summed E-state index contributed by atoms with van der Waals surface area (Å²) in [5.74, 6) is 1.16. The van der Waals surface area contributed by atoms with Gasteiger partial charge >= 0.3 is 0 Å². The molecule has 0 fully saturated rings. The molecule has 0 bridgehead atoms. The van der Waals surface area contributed by atoms with Crippen LogP contribution in [-0.4, -0.2) is 40.9 Å². The Hall–Kier alpha value is -4.72. The van der Waals surface area contributed by atoms with Gasteiger partial charge in [0.05, 0.1) is 0 Å². The molecular formula is C30H36O8. The highest BCUT2D eigenvalue weighted by Crippen LogP contribution is 2.27. The zero-order chi connectivity index (χ0) is 28.7. The number of hydrogen-bond acceptors (Lipinski definition) is 8. The second kappa shape index (κ2) is 16.1. The van der Waals surface area contributed by atoms with Crippen LogP contribution in [0.1, 0.15) is 37.0 Å². The van der Waals surface area contributed by atoms with Gasteiger partial charge in [0.25, 0.3) is 0 Å². The summed E-state index contributed by atoms with van der Waals surface area (Å²) < 4.78 is 0. The summed E-state index contributed by atoms with van der Waals surface area (Å²) >= 11 is 0. The normalized spacial score (nSPS) is 9.55. The molecule has 0 aliphatic heterocycles. The van der Waals surface area contributed by atoms with Crippen molar-refractivity contribution in [2.24, 2.45) is 0 Å². The van der Waals surface area contributed by atoms with Gasteiger partial charge in [-0.25, -0.2) is 0 Å². The molecule has 0 spiro atoms. The van der Waals surface area contributed by atoms with Crippen molar-refractivity contribution >= 4 is 0 Å². The summed E-state index contributed by atoms with van der Waals surface area (Å²) in [5, 5.41) is 72.0. The van der Waals surface area contributed by atoms with E-state index in [1.165, 1.54) is 30.3 Å². The van der Waals surface area contributed by atoms with Crippen LogP contribution in [-0.2, 0) is 12.8 Å². The first-order chi connectivity index (χ1) is 18.0. The average Bonchev–Trinajstić information content (AvgIpc) is 2.86. The highest BCUT2D eigenvalue weighted by Gasteiger charge is 2.04. The number of phenolic OH excluding ortho intramolecular Hbond substituents is 8. The summed E-state index contributed by atoms with van der Waals surface area (Å²) in [5.41, 5.74) is 1.79. The van der Waals surface area contributed by atoms with E-state index in [-0.39, 0.29) is 46.0 Å². The van der Waals surface area contributed by atoms with Crippen molar-refractivity contribution in [1.29, 1.82) is 0 Å². The summed E-state index contributed by atoms with van der Waals surface area (Å²) in [6.07, 6.45) is 2.29. The Bertz CT molecular complexity index is 1190. The Morgan fingerprint density at radius 1 is 0.474 bits per heavy atom. The molecule has 4 rings (SSSR count). The summed E-state index contributed by atoms with van der Waals surface area (Å²) in [6.45, 7) is 5.55. The molecule has 4 aromatic carbocycles. The standard InChI is InChI=1S/C9H12O2.C8H10O2.C7H8O2.C6H6O2/c1-2-4-7-8(10)5-3-6-9(7)11;1-2-6-7(9)4-3-5-8(6)10;1-5-6(8)3-2-4-7(5)9;7-5-2-1-3-6(8)4-5/h3,5-6,10-11H,2,4H2,1H3;3-5,9-10H,2H2,1H3;2-4,8-9H,1H3;1-4,7-8H. The smallest absolute Gasteiger partial charge is 0.122 e. The predicted molar refractivity (Wildman–Crippen MR) is 147 cm³/mol. The molecule has 0 amide bonds. The zero-order valence-corrected chi connectivity index (χ0v) is 21.7. The van der Waals surface area contributed by atoms with Crippen molar-refractivity contribution in [3.63, 3.8) is 0 Å². The van der Waals surface area contributed by atoms with E-state index in [1.807, 2.05) is 13.8 Å². The zero-order valence-electron chi connectivity index (χ0n) is 21.7. The van der Waals surface area contributed by atoms with Crippen molar-refractivity contribution in [2.45, 2.75) is 40.0 Å². The number of hydrogen-bond donors (Lipinski definition) is 8. The number of aromatic hydroxyl groups is 8. The van der Waals surface area contributed by atoms with E-state index >= 15 is 0 Å². The third-order valence-corrected chi connectivity index (χ3v) is 5.21. The first-order valence-corrected chi connectivity index (χ1v) is 12.0. The monoisotopic (exact) mass is 524 g/mol. The molecule has 0 saturated heterocycles. The lowest BCUT2D eigenvalue weighted by Crippen LogP contribution is -1.84. The quantitative estimate of drug-likeness (QED) is 0.157. The molecule has 0 aliphatic rings. The molecule has 0 heterocycles. The van der Waals surface area contributed by atoms with Crippen LogP contribution in [0, 0.1) is 6.92 Å². The van der Waals surface area contributed by atoms with Crippen LogP contribution in [0.4, 0.5) is 0 Å². The molecule has 0 atom stereocenters. The van der Waals surface area contributed by atoms with E-state index in [9.17, 15) is 10.2 Å².